The first-order chi connectivity index (χ1) is 9.58. The van der Waals surface area contributed by atoms with Crippen molar-refractivity contribution in [1.29, 1.82) is 0 Å². The smallest absolute Gasteiger partial charge is 0.244 e. The molecule has 2 aromatic rings. The van der Waals surface area contributed by atoms with Crippen LogP contribution in [0.15, 0.2) is 59.1 Å². The third-order valence-electron chi connectivity index (χ3n) is 2.49. The molecule has 0 unspecified atom stereocenters. The molecule has 1 aromatic heterocycles. The molecule has 2 rings (SSSR count). The monoisotopic (exact) mass is 291 g/mol. The third kappa shape index (κ3) is 3.79. The van der Waals surface area contributed by atoms with Gasteiger partial charge in [-0.05, 0) is 12.1 Å². The van der Waals surface area contributed by atoms with Crippen LogP contribution in [-0.2, 0) is 21.2 Å². The van der Waals surface area contributed by atoms with E-state index in [1.165, 1.54) is 12.1 Å². The number of aromatic amines is 1. The Morgan fingerprint density at radius 3 is 2.70 bits per heavy atom. The zero-order valence-electron chi connectivity index (χ0n) is 10.5. The highest BCUT2D eigenvalue weighted by molar-refractivity contribution is 7.94. The summed E-state index contributed by atoms with van der Waals surface area (Å²) in [6.07, 6.45) is 4.22. The molecule has 6 nitrogen and oxygen atoms in total. The third-order valence-corrected chi connectivity index (χ3v) is 3.92. The van der Waals surface area contributed by atoms with E-state index >= 15 is 0 Å². The molecule has 0 bridgehead atoms. The lowest BCUT2D eigenvalue weighted by Crippen LogP contribution is -2.20. The predicted octanol–water partition coefficient (Wildman–Crippen LogP) is 1.01. The van der Waals surface area contributed by atoms with Gasteiger partial charge in [0.1, 0.15) is 0 Å². The maximum absolute atomic E-state index is 11.9. The molecule has 104 valence electrons. The van der Waals surface area contributed by atoms with Crippen LogP contribution in [0.5, 0.6) is 0 Å². The second-order valence-electron chi connectivity index (χ2n) is 3.99. The van der Waals surface area contributed by atoms with Gasteiger partial charge in [0.15, 0.2) is 9.84 Å². The molecular formula is C13H13N3O3S. The van der Waals surface area contributed by atoms with Gasteiger partial charge in [0.25, 0.3) is 0 Å². The molecule has 0 spiro atoms. The lowest BCUT2D eigenvalue weighted by Gasteiger charge is -2.00. The highest BCUT2D eigenvalue weighted by atomic mass is 32.2. The van der Waals surface area contributed by atoms with Gasteiger partial charge in [0.05, 0.1) is 11.1 Å². The minimum atomic E-state index is -3.59. The molecule has 1 heterocycles. The van der Waals surface area contributed by atoms with E-state index < -0.39 is 15.7 Å². The highest BCUT2D eigenvalue weighted by Gasteiger charge is 2.09. The van der Waals surface area contributed by atoms with Gasteiger partial charge < -0.3 is 5.32 Å². The summed E-state index contributed by atoms with van der Waals surface area (Å²) in [5, 5.41) is 9.81. The molecule has 0 fully saturated rings. The number of amides is 1. The SMILES string of the molecule is O=C(/C=C/S(=O)(=O)c1ccccc1)NCc1cn[nH]c1. The maximum Gasteiger partial charge on any atom is 0.244 e. The molecule has 0 atom stereocenters. The summed E-state index contributed by atoms with van der Waals surface area (Å²) in [5.41, 5.74) is 0.803. The van der Waals surface area contributed by atoms with Gasteiger partial charge in [0, 0.05) is 29.8 Å². The molecule has 0 aliphatic rings. The fraction of sp³-hybridized carbons (Fsp3) is 0.0769. The molecule has 7 heteroatoms. The van der Waals surface area contributed by atoms with Gasteiger partial charge in [-0.25, -0.2) is 8.42 Å². The number of aromatic nitrogens is 2. The summed E-state index contributed by atoms with van der Waals surface area (Å²) in [5.74, 6) is -0.481. The van der Waals surface area contributed by atoms with Crippen LogP contribution in [0.2, 0.25) is 0 Å². The molecular weight excluding hydrogens is 278 g/mol. The van der Waals surface area contributed by atoms with Gasteiger partial charge in [-0.3, -0.25) is 9.89 Å². The normalized spacial score (nSPS) is 11.6. The Morgan fingerprint density at radius 2 is 2.05 bits per heavy atom. The Bertz CT molecular complexity index is 692. The molecule has 0 radical (unpaired) electrons. The Kier molecular flexibility index (Phi) is 4.31. The number of sulfone groups is 1. The van der Waals surface area contributed by atoms with Crippen LogP contribution in [0.25, 0.3) is 0 Å². The van der Waals surface area contributed by atoms with Gasteiger partial charge in [-0.2, -0.15) is 5.10 Å². The average molecular weight is 291 g/mol. The van der Waals surface area contributed by atoms with Crippen LogP contribution >= 0.6 is 0 Å². The van der Waals surface area contributed by atoms with E-state index in [4.69, 9.17) is 0 Å². The van der Waals surface area contributed by atoms with Crippen molar-refractivity contribution in [2.45, 2.75) is 11.4 Å². The Labute approximate surface area is 116 Å². The zero-order chi connectivity index (χ0) is 14.4. The van der Waals surface area contributed by atoms with Crippen LogP contribution in [0.4, 0.5) is 0 Å². The predicted molar refractivity (Wildman–Crippen MR) is 73.2 cm³/mol. The lowest BCUT2D eigenvalue weighted by molar-refractivity contribution is -0.116. The van der Waals surface area contributed by atoms with Crippen molar-refractivity contribution in [3.63, 3.8) is 0 Å². The topological polar surface area (TPSA) is 91.9 Å². The molecule has 20 heavy (non-hydrogen) atoms. The standard InChI is InChI=1S/C13H13N3O3S/c17-13(14-8-11-9-15-16-10-11)6-7-20(18,19)12-4-2-1-3-5-12/h1-7,9-10H,8H2,(H,14,17)(H,15,16)/b7-6+. The highest BCUT2D eigenvalue weighted by Crippen LogP contribution is 2.10. The first-order valence-electron chi connectivity index (χ1n) is 5.81. The summed E-state index contributed by atoms with van der Waals surface area (Å²) in [6.45, 7) is 0.283. The van der Waals surface area contributed by atoms with Crippen molar-refractivity contribution in [2.24, 2.45) is 0 Å². The number of hydrogen-bond donors (Lipinski definition) is 2. The van der Waals surface area contributed by atoms with Crippen LogP contribution in [0, 0.1) is 0 Å². The van der Waals surface area contributed by atoms with E-state index in [-0.39, 0.29) is 11.4 Å². The van der Waals surface area contributed by atoms with Crippen molar-refractivity contribution in [1.82, 2.24) is 15.5 Å². The van der Waals surface area contributed by atoms with Crippen LogP contribution in [0.1, 0.15) is 5.56 Å². The first kappa shape index (κ1) is 14.0. The van der Waals surface area contributed by atoms with Crippen LogP contribution < -0.4 is 5.32 Å². The number of benzene rings is 1. The molecule has 0 aliphatic heterocycles. The van der Waals surface area contributed by atoms with Gasteiger partial charge in [0.2, 0.25) is 5.91 Å². The van der Waals surface area contributed by atoms with Crippen LogP contribution in [0.3, 0.4) is 0 Å². The molecule has 0 saturated carbocycles. The summed E-state index contributed by atoms with van der Waals surface area (Å²) < 4.78 is 23.8. The Balaban J connectivity index is 1.96. The fourth-order valence-corrected chi connectivity index (χ4v) is 2.46. The van der Waals surface area contributed by atoms with Crippen molar-refractivity contribution in [3.8, 4) is 0 Å². The number of carbonyl (C=O) groups excluding carboxylic acids is 1. The number of carbonyl (C=O) groups is 1. The quantitative estimate of drug-likeness (QED) is 0.804. The number of nitrogens with zero attached hydrogens (tertiary/aromatic N) is 1. The van der Waals surface area contributed by atoms with E-state index in [1.54, 1.807) is 30.6 Å². The second kappa shape index (κ2) is 6.16. The fourth-order valence-electron chi connectivity index (χ4n) is 1.46. The average Bonchev–Trinajstić information content (AvgIpc) is 2.97. The number of hydrogen-bond acceptors (Lipinski definition) is 4. The van der Waals surface area contributed by atoms with Gasteiger partial charge in [-0.1, -0.05) is 18.2 Å². The van der Waals surface area contributed by atoms with E-state index in [2.05, 4.69) is 15.5 Å². The maximum atomic E-state index is 11.9. The van der Waals surface area contributed by atoms with Crippen LogP contribution in [-0.4, -0.2) is 24.5 Å². The minimum Gasteiger partial charge on any atom is -0.348 e. The van der Waals surface area contributed by atoms with E-state index in [0.717, 1.165) is 17.0 Å². The summed E-state index contributed by atoms with van der Waals surface area (Å²) >= 11 is 0. The van der Waals surface area contributed by atoms with Crippen molar-refractivity contribution in [3.05, 3.63) is 59.8 Å². The zero-order valence-corrected chi connectivity index (χ0v) is 11.3. The summed E-state index contributed by atoms with van der Waals surface area (Å²) in [4.78, 5) is 11.7. The first-order valence-corrected chi connectivity index (χ1v) is 7.36. The van der Waals surface area contributed by atoms with Gasteiger partial charge in [-0.15, -0.1) is 0 Å². The Hall–Kier alpha value is -2.41. The largest absolute Gasteiger partial charge is 0.348 e. The van der Waals surface area contributed by atoms with Gasteiger partial charge >= 0.3 is 0 Å². The Morgan fingerprint density at radius 1 is 1.30 bits per heavy atom. The van der Waals surface area contributed by atoms with E-state index in [9.17, 15) is 13.2 Å². The van der Waals surface area contributed by atoms with Crippen molar-refractivity contribution >= 4 is 15.7 Å². The molecule has 1 amide bonds. The minimum absolute atomic E-state index is 0.152. The molecule has 0 aliphatic carbocycles. The summed E-state index contributed by atoms with van der Waals surface area (Å²) in [6, 6.07) is 7.92. The van der Waals surface area contributed by atoms with Crippen molar-refractivity contribution in [2.75, 3.05) is 0 Å². The van der Waals surface area contributed by atoms with E-state index in [0.29, 0.717) is 0 Å². The van der Waals surface area contributed by atoms with Crippen molar-refractivity contribution < 1.29 is 13.2 Å². The lowest BCUT2D eigenvalue weighted by atomic mass is 10.3. The van der Waals surface area contributed by atoms with E-state index in [1.807, 2.05) is 0 Å². The second-order valence-corrected chi connectivity index (χ2v) is 5.82. The number of H-pyrrole nitrogens is 1. The molecule has 0 saturated heterocycles. The summed E-state index contributed by atoms with van der Waals surface area (Å²) in [7, 11) is -3.59. The molecule has 2 N–H and O–H groups in total. The number of rotatable bonds is 5. The number of nitrogens with one attached hydrogen (secondary N) is 2. The molecule has 1 aromatic carbocycles.